The summed E-state index contributed by atoms with van der Waals surface area (Å²) in [6.07, 6.45) is 0. The molecule has 94 valence electrons. The van der Waals surface area contributed by atoms with Crippen molar-refractivity contribution in [1.29, 1.82) is 0 Å². The van der Waals surface area contributed by atoms with Crippen molar-refractivity contribution in [3.8, 4) is 0 Å². The van der Waals surface area contributed by atoms with Crippen LogP contribution in [0.5, 0.6) is 0 Å². The summed E-state index contributed by atoms with van der Waals surface area (Å²) in [7, 11) is 1.74. The van der Waals surface area contributed by atoms with E-state index in [1.165, 1.54) is 11.8 Å². The molecule has 0 aliphatic heterocycles. The predicted molar refractivity (Wildman–Crippen MR) is 75.4 cm³/mol. The fourth-order valence-electron chi connectivity index (χ4n) is 1.24. The van der Waals surface area contributed by atoms with Crippen molar-refractivity contribution >= 4 is 40.9 Å². The van der Waals surface area contributed by atoms with Gasteiger partial charge in [-0.2, -0.15) is 15.0 Å². The first-order valence-electron chi connectivity index (χ1n) is 5.14. The van der Waals surface area contributed by atoms with E-state index < -0.39 is 0 Å². The summed E-state index contributed by atoms with van der Waals surface area (Å²) in [4.78, 5) is 12.2. The number of halogens is 2. The maximum absolute atomic E-state index is 5.82. The minimum absolute atomic E-state index is 0.188. The van der Waals surface area contributed by atoms with E-state index in [0.29, 0.717) is 11.1 Å². The second-order valence-corrected chi connectivity index (χ2v) is 5.09. The summed E-state index contributed by atoms with van der Waals surface area (Å²) < 4.78 is 0. The van der Waals surface area contributed by atoms with E-state index >= 15 is 0 Å². The smallest absolute Gasteiger partial charge is 0.228 e. The molecule has 0 aliphatic carbocycles. The Bertz CT molecular complexity index is 533. The van der Waals surface area contributed by atoms with Gasteiger partial charge in [0.2, 0.25) is 11.2 Å². The molecule has 1 heterocycles. The Kier molecular flexibility index (Phi) is 4.63. The Hall–Kier alpha value is -1.04. The number of nitrogens with zero attached hydrogens (tertiary/aromatic N) is 3. The van der Waals surface area contributed by atoms with Crippen LogP contribution in [0.4, 0.5) is 5.95 Å². The first kappa shape index (κ1) is 13.4. The minimum Gasteiger partial charge on any atom is -0.357 e. The van der Waals surface area contributed by atoms with Gasteiger partial charge in [-0.05, 0) is 29.3 Å². The molecule has 0 aliphatic rings. The van der Waals surface area contributed by atoms with Crippen molar-refractivity contribution in [3.05, 3.63) is 40.1 Å². The summed E-state index contributed by atoms with van der Waals surface area (Å²) in [5.74, 6) is 1.22. The lowest BCUT2D eigenvalue weighted by atomic mass is 10.2. The molecule has 0 spiro atoms. The molecule has 0 bridgehead atoms. The van der Waals surface area contributed by atoms with Crippen molar-refractivity contribution in [2.75, 3.05) is 12.4 Å². The highest BCUT2D eigenvalue weighted by molar-refractivity contribution is 7.98. The highest BCUT2D eigenvalue weighted by atomic mass is 35.5. The molecular formula is C11H10Cl2N4S. The van der Waals surface area contributed by atoms with Crippen LogP contribution in [0, 0.1) is 0 Å². The zero-order chi connectivity index (χ0) is 13.0. The van der Waals surface area contributed by atoms with Gasteiger partial charge in [-0.15, -0.1) is 0 Å². The molecule has 7 heteroatoms. The average molecular weight is 301 g/mol. The fraction of sp³-hybridized carbons (Fsp3) is 0.182. The standard InChI is InChI=1S/C11H10Cl2N4S/c1-14-10-15-9(13)16-11(17-10)18-6-7-2-4-8(12)5-3-7/h2-5H,6H2,1H3,(H,14,15,16,17). The van der Waals surface area contributed by atoms with E-state index in [2.05, 4.69) is 20.3 Å². The van der Waals surface area contributed by atoms with Crippen LogP contribution in [0.25, 0.3) is 0 Å². The van der Waals surface area contributed by atoms with Crippen LogP contribution in [0.2, 0.25) is 10.3 Å². The van der Waals surface area contributed by atoms with Crippen LogP contribution in [-0.4, -0.2) is 22.0 Å². The monoisotopic (exact) mass is 300 g/mol. The summed E-state index contributed by atoms with van der Waals surface area (Å²) in [5.41, 5.74) is 1.15. The predicted octanol–water partition coefficient (Wildman–Crippen LogP) is 3.51. The lowest BCUT2D eigenvalue weighted by molar-refractivity contribution is 0.908. The third-order valence-corrected chi connectivity index (χ3v) is 3.43. The number of hydrogen-bond donors (Lipinski definition) is 1. The van der Waals surface area contributed by atoms with E-state index in [9.17, 15) is 0 Å². The summed E-state index contributed by atoms with van der Waals surface area (Å²) in [5, 5.41) is 4.34. The third kappa shape index (κ3) is 3.73. The number of anilines is 1. The van der Waals surface area contributed by atoms with E-state index in [0.717, 1.165) is 16.3 Å². The molecular weight excluding hydrogens is 291 g/mol. The Morgan fingerprint density at radius 3 is 2.50 bits per heavy atom. The molecule has 1 N–H and O–H groups in total. The zero-order valence-corrected chi connectivity index (χ0v) is 11.9. The Balaban J connectivity index is 2.05. The molecule has 0 unspecified atom stereocenters. The van der Waals surface area contributed by atoms with Gasteiger partial charge in [-0.3, -0.25) is 0 Å². The first-order chi connectivity index (χ1) is 8.67. The number of rotatable bonds is 4. The number of hydrogen-bond acceptors (Lipinski definition) is 5. The summed E-state index contributed by atoms with van der Waals surface area (Å²) >= 11 is 13.1. The Labute approximate surface area is 119 Å². The highest BCUT2D eigenvalue weighted by Crippen LogP contribution is 2.22. The SMILES string of the molecule is CNc1nc(Cl)nc(SCc2ccc(Cl)cc2)n1. The number of nitrogens with one attached hydrogen (secondary N) is 1. The minimum atomic E-state index is 0.188. The first-order valence-corrected chi connectivity index (χ1v) is 6.88. The van der Waals surface area contributed by atoms with Crippen LogP contribution >= 0.6 is 35.0 Å². The zero-order valence-electron chi connectivity index (χ0n) is 9.52. The second-order valence-electron chi connectivity index (χ2n) is 3.38. The van der Waals surface area contributed by atoms with Crippen molar-refractivity contribution in [2.45, 2.75) is 10.9 Å². The molecule has 0 atom stereocenters. The topological polar surface area (TPSA) is 50.7 Å². The third-order valence-electron chi connectivity index (χ3n) is 2.09. The number of benzene rings is 1. The lowest BCUT2D eigenvalue weighted by Crippen LogP contribution is -2.00. The molecule has 0 fully saturated rings. The van der Waals surface area contributed by atoms with Gasteiger partial charge in [0, 0.05) is 17.8 Å². The number of thioether (sulfide) groups is 1. The van der Waals surface area contributed by atoms with E-state index in [4.69, 9.17) is 23.2 Å². The molecule has 0 saturated carbocycles. The van der Waals surface area contributed by atoms with Gasteiger partial charge in [-0.1, -0.05) is 35.5 Å². The average Bonchev–Trinajstić information content (AvgIpc) is 2.37. The molecule has 1 aromatic heterocycles. The molecule has 0 amide bonds. The summed E-state index contributed by atoms with van der Waals surface area (Å²) in [6.45, 7) is 0. The van der Waals surface area contributed by atoms with Crippen molar-refractivity contribution in [3.63, 3.8) is 0 Å². The van der Waals surface area contributed by atoms with Crippen molar-refractivity contribution in [1.82, 2.24) is 15.0 Å². The maximum Gasteiger partial charge on any atom is 0.228 e. The van der Waals surface area contributed by atoms with Crippen molar-refractivity contribution in [2.24, 2.45) is 0 Å². The second kappa shape index (κ2) is 6.22. The van der Waals surface area contributed by atoms with Gasteiger partial charge in [-0.25, -0.2) is 0 Å². The van der Waals surface area contributed by atoms with Gasteiger partial charge >= 0.3 is 0 Å². The van der Waals surface area contributed by atoms with Gasteiger partial charge < -0.3 is 5.32 Å². The molecule has 18 heavy (non-hydrogen) atoms. The molecule has 2 rings (SSSR count). The normalized spacial score (nSPS) is 10.4. The van der Waals surface area contributed by atoms with Crippen molar-refractivity contribution < 1.29 is 0 Å². The van der Waals surface area contributed by atoms with Crippen LogP contribution in [0.1, 0.15) is 5.56 Å². The van der Waals surface area contributed by atoms with Crippen LogP contribution in [0.15, 0.2) is 29.4 Å². The van der Waals surface area contributed by atoms with Crippen LogP contribution < -0.4 is 5.32 Å². The van der Waals surface area contributed by atoms with Gasteiger partial charge in [0.15, 0.2) is 5.16 Å². The quantitative estimate of drug-likeness (QED) is 0.876. The van der Waals surface area contributed by atoms with Crippen LogP contribution in [-0.2, 0) is 5.75 Å². The molecule has 0 radical (unpaired) electrons. The van der Waals surface area contributed by atoms with Gasteiger partial charge in [0.1, 0.15) is 0 Å². The maximum atomic E-state index is 5.82. The van der Waals surface area contributed by atoms with Gasteiger partial charge in [0.25, 0.3) is 0 Å². The van der Waals surface area contributed by atoms with Gasteiger partial charge in [0.05, 0.1) is 0 Å². The van der Waals surface area contributed by atoms with E-state index in [1.807, 2.05) is 24.3 Å². The van der Waals surface area contributed by atoms with Crippen LogP contribution in [0.3, 0.4) is 0 Å². The lowest BCUT2D eigenvalue weighted by Gasteiger charge is -2.03. The Morgan fingerprint density at radius 2 is 1.83 bits per heavy atom. The molecule has 0 saturated heterocycles. The molecule has 2 aromatic rings. The molecule has 1 aromatic carbocycles. The number of aromatic nitrogens is 3. The van der Waals surface area contributed by atoms with E-state index in [1.54, 1.807) is 7.05 Å². The summed E-state index contributed by atoms with van der Waals surface area (Å²) in [6, 6.07) is 7.65. The molecule has 4 nitrogen and oxygen atoms in total. The Morgan fingerprint density at radius 1 is 1.11 bits per heavy atom. The highest BCUT2D eigenvalue weighted by Gasteiger charge is 2.04. The largest absolute Gasteiger partial charge is 0.357 e. The fourth-order valence-corrected chi connectivity index (χ4v) is 2.36. The van der Waals surface area contributed by atoms with E-state index in [-0.39, 0.29) is 5.28 Å².